The van der Waals surface area contributed by atoms with Gasteiger partial charge in [-0.15, -0.1) is 0 Å². The second-order valence-electron chi connectivity index (χ2n) is 19.1. The Kier molecular flexibility index (Phi) is 27.9. The van der Waals surface area contributed by atoms with Crippen LogP contribution >= 0.6 is 11.1 Å². The molecule has 8 atom stereocenters. The standard InChI is InChI=1S/C11H22O5Si.C11H20O3Si.C6H15ClSi.C5H8O5.C5H6O3.CH4.4O.Os/c1-11(2,3)17(4,5)15-6-7-8(12)9(13)10(14)16-7;1-11(2,3)15(4,5)13-8-9-6-7-10(12)14-9;1-6(2,3)8(4,5)7;6-1-2-3(7)4(8)5(9)10-2;6-3-4-1-2-5(7)8-4;;;;;;/h7-9,12-13H,6H2,1-5H3;6-7,9H,8H2,1-5H3;1-5H3;2-4,6-8H,1H2;1-2,4,6H,3H2;1H4;;;;;/t7-,8-,9-;9-;;2-,3-,4-;4-;;;;;;/m01.01....../s1. The second-order valence-corrected chi connectivity index (χ2v) is 38.5. The molecule has 0 aliphatic carbocycles. The first-order valence-corrected chi connectivity index (χ1v) is 33.7. The Bertz CT molecular complexity index is 1750. The summed E-state index contributed by atoms with van der Waals surface area (Å²) in [4.78, 5) is 42.5. The first-order valence-electron chi connectivity index (χ1n) is 19.7. The predicted octanol–water partition coefficient (Wildman–Crippen LogP) is 3.62. The molecular formula is C39H75ClO20OsSi3. The van der Waals surface area contributed by atoms with E-state index in [-0.39, 0.29) is 48.8 Å². The summed E-state index contributed by atoms with van der Waals surface area (Å²) in [5.41, 5.74) is 0. The first kappa shape index (κ1) is 66.1. The van der Waals surface area contributed by atoms with Crippen LogP contribution in [0, 0.1) is 0 Å². The van der Waals surface area contributed by atoms with Crippen LogP contribution in [-0.2, 0) is 76.0 Å². The van der Waals surface area contributed by atoms with Crippen LogP contribution in [0.1, 0.15) is 69.7 Å². The molecule has 0 radical (unpaired) electrons. The van der Waals surface area contributed by atoms with Gasteiger partial charge in [-0.1, -0.05) is 82.8 Å². The van der Waals surface area contributed by atoms with Gasteiger partial charge in [-0.25, -0.2) is 19.2 Å². The Hall–Kier alpha value is -2.18. The van der Waals surface area contributed by atoms with Crippen LogP contribution in [0.15, 0.2) is 24.3 Å². The molecule has 64 heavy (non-hydrogen) atoms. The van der Waals surface area contributed by atoms with Crippen LogP contribution in [0.3, 0.4) is 0 Å². The summed E-state index contributed by atoms with van der Waals surface area (Å²) in [5.74, 6) is -2.30. The van der Waals surface area contributed by atoms with Crippen molar-refractivity contribution in [3.63, 3.8) is 0 Å². The van der Waals surface area contributed by atoms with Gasteiger partial charge in [0.15, 0.2) is 48.4 Å². The van der Waals surface area contributed by atoms with Crippen molar-refractivity contribution in [1.29, 1.82) is 0 Å². The van der Waals surface area contributed by atoms with E-state index in [1.54, 1.807) is 6.08 Å². The average Bonchev–Trinajstić information content (AvgIpc) is 3.86. The van der Waals surface area contributed by atoms with Crippen LogP contribution in [0.4, 0.5) is 0 Å². The molecule has 378 valence electrons. The third kappa shape index (κ3) is 25.1. The monoisotopic (exact) mass is 1170 g/mol. The summed E-state index contributed by atoms with van der Waals surface area (Å²) < 4.78 is 65.0. The number of aliphatic hydroxyl groups is 6. The van der Waals surface area contributed by atoms with Gasteiger partial charge in [0.25, 0.3) is 0 Å². The van der Waals surface area contributed by atoms with E-state index in [0.717, 1.165) is 0 Å². The minimum atomic E-state index is -6.06. The van der Waals surface area contributed by atoms with E-state index in [9.17, 15) is 29.4 Å². The van der Waals surface area contributed by atoms with Gasteiger partial charge in [-0.3, -0.25) is 0 Å². The fourth-order valence-corrected chi connectivity index (χ4v) is 5.60. The molecule has 0 amide bonds. The van der Waals surface area contributed by atoms with Crippen molar-refractivity contribution in [2.45, 2.75) is 173 Å². The number of hydrogen-bond donors (Lipinski definition) is 6. The van der Waals surface area contributed by atoms with Crippen LogP contribution in [0.5, 0.6) is 0 Å². The molecule has 20 nitrogen and oxygen atoms in total. The fourth-order valence-electron chi connectivity index (χ4n) is 3.57. The third-order valence-electron chi connectivity index (χ3n) is 10.8. The van der Waals surface area contributed by atoms with Crippen molar-refractivity contribution in [2.75, 3.05) is 26.4 Å². The van der Waals surface area contributed by atoms with Crippen LogP contribution in [0.2, 0.25) is 54.4 Å². The molecular weight excluding hydrogens is 1100 g/mol. The van der Waals surface area contributed by atoms with E-state index in [4.69, 9.17) is 64.0 Å². The van der Waals surface area contributed by atoms with Gasteiger partial charge in [0.2, 0.25) is 0 Å². The number of carbonyl (C=O) groups excluding carboxylic acids is 4. The molecule has 2 fully saturated rings. The van der Waals surface area contributed by atoms with Gasteiger partial charge in [-0.2, -0.15) is 11.1 Å². The van der Waals surface area contributed by atoms with E-state index < -0.39 is 100 Å². The molecule has 4 aliphatic heterocycles. The predicted molar refractivity (Wildman–Crippen MR) is 235 cm³/mol. The molecule has 2 saturated heterocycles. The van der Waals surface area contributed by atoms with Crippen LogP contribution in [0.25, 0.3) is 0 Å². The van der Waals surface area contributed by atoms with E-state index in [1.807, 2.05) is 0 Å². The molecule has 4 rings (SSSR count). The molecule has 6 N–H and O–H groups in total. The van der Waals surface area contributed by atoms with E-state index >= 15 is 0 Å². The number of rotatable bonds is 8. The number of halogens is 1. The van der Waals surface area contributed by atoms with Gasteiger partial charge >= 0.3 is 52.9 Å². The summed E-state index contributed by atoms with van der Waals surface area (Å²) in [6, 6.07) is 0. The summed E-state index contributed by atoms with van der Waals surface area (Å²) in [6.45, 7) is 32.4. The van der Waals surface area contributed by atoms with Crippen LogP contribution in [-0.4, -0.2) is 154 Å². The zero-order chi connectivity index (χ0) is 50.3. The molecule has 0 spiro atoms. The molecule has 4 aliphatic rings. The molecule has 0 aromatic rings. The van der Waals surface area contributed by atoms with E-state index in [2.05, 4.69) is 111 Å². The maximum absolute atomic E-state index is 11.0. The molecule has 0 bridgehead atoms. The molecule has 4 heterocycles. The van der Waals surface area contributed by atoms with E-state index in [0.29, 0.717) is 11.6 Å². The molecule has 25 heteroatoms. The number of ether oxygens (including phenoxy) is 4. The maximum atomic E-state index is 11.0. The Morgan fingerprint density at radius 2 is 0.891 bits per heavy atom. The third-order valence-corrected chi connectivity index (χ3v) is 25.1. The topological polar surface area (TPSA) is 313 Å². The summed E-state index contributed by atoms with van der Waals surface area (Å²) >= 11 is 0.0926. The SMILES string of the molecule is C.CC(C)(C)[Si](C)(C)Cl.CC(C)(C)[Si](C)(C)OC[C@@H]1OC(=O)[C@@H](O)[C@H]1O.CC(C)(C)[Si](C)(C)OC[C@H]1C=CC(=O)O1.O=C1C=C[C@H](CO)O1.O=C1O[C@@H](CO)[C@H](O)[C@@H]1O.[O]=[Os](=[O])(=[O])=[O]. The van der Waals surface area contributed by atoms with Crippen molar-refractivity contribution in [2.24, 2.45) is 0 Å². The minimum absolute atomic E-state index is 0. The van der Waals surface area contributed by atoms with Crippen molar-refractivity contribution in [1.82, 2.24) is 0 Å². The number of hydrogen-bond acceptors (Lipinski definition) is 20. The Balaban J connectivity index is -0.000000725. The van der Waals surface area contributed by atoms with Gasteiger partial charge in [0.1, 0.15) is 24.4 Å². The van der Waals surface area contributed by atoms with Crippen molar-refractivity contribution in [3.05, 3.63) is 24.3 Å². The number of aliphatic hydroxyl groups excluding tert-OH is 6. The van der Waals surface area contributed by atoms with Crippen molar-refractivity contribution >= 4 is 59.0 Å². The van der Waals surface area contributed by atoms with Gasteiger partial charge in [0, 0.05) is 12.2 Å². The zero-order valence-corrected chi connectivity index (χ0v) is 45.2. The summed E-state index contributed by atoms with van der Waals surface area (Å²) in [7, 11) is -5.04. The molecule has 0 aromatic heterocycles. The number of cyclic esters (lactones) is 4. The Morgan fingerprint density at radius 1 is 0.578 bits per heavy atom. The van der Waals surface area contributed by atoms with Crippen LogP contribution < -0.4 is 0 Å². The Labute approximate surface area is 387 Å². The van der Waals surface area contributed by atoms with Crippen molar-refractivity contribution in [3.8, 4) is 0 Å². The number of esters is 4. The first-order chi connectivity index (χ1) is 28.0. The molecule has 0 unspecified atom stereocenters. The average molecular weight is 1170 g/mol. The second kappa shape index (κ2) is 27.0. The van der Waals surface area contributed by atoms with E-state index in [1.165, 1.54) is 18.2 Å². The summed E-state index contributed by atoms with van der Waals surface area (Å²) in [5, 5.41) is 53.8. The normalized spacial score (nSPS) is 25.4. The quantitative estimate of drug-likeness (QED) is 0.0875. The van der Waals surface area contributed by atoms with Gasteiger partial charge in [0.05, 0.1) is 26.4 Å². The van der Waals surface area contributed by atoms with Gasteiger partial charge < -0.3 is 58.4 Å². The summed E-state index contributed by atoms with van der Waals surface area (Å²) in [6.07, 6.45) is -1.69. The molecule has 0 saturated carbocycles. The zero-order valence-electron chi connectivity index (χ0n) is 38.9. The Morgan fingerprint density at radius 3 is 1.09 bits per heavy atom. The fraction of sp³-hybridized carbons (Fsp3) is 0.795. The number of carbonyl (C=O) groups is 4. The van der Waals surface area contributed by atoms with Gasteiger partial charge in [-0.05, 0) is 53.5 Å². The molecule has 0 aromatic carbocycles. The van der Waals surface area contributed by atoms with Crippen molar-refractivity contribution < 1.29 is 107 Å².